The Kier molecular flexibility index (Phi) is 6.91. The second-order valence-corrected chi connectivity index (χ2v) is 9.50. The van der Waals surface area contributed by atoms with Gasteiger partial charge in [0.1, 0.15) is 15.0 Å². The molecule has 0 aliphatic carbocycles. The van der Waals surface area contributed by atoms with Crippen LogP contribution in [0.4, 0.5) is 0 Å². The van der Waals surface area contributed by atoms with Gasteiger partial charge in [-0.3, -0.25) is 4.79 Å². The average Bonchev–Trinajstić information content (AvgIpc) is 3.01. The second kappa shape index (κ2) is 9.25. The van der Waals surface area contributed by atoms with E-state index in [0.717, 1.165) is 11.8 Å². The number of methoxy groups -OCH3 is 1. The van der Waals surface area contributed by atoms with Gasteiger partial charge in [-0.15, -0.1) is 0 Å². The fourth-order valence-corrected chi connectivity index (χ4v) is 4.79. The van der Waals surface area contributed by atoms with Gasteiger partial charge >= 0.3 is 10.1 Å². The van der Waals surface area contributed by atoms with Crippen molar-refractivity contribution in [2.45, 2.75) is 11.8 Å². The van der Waals surface area contributed by atoms with Gasteiger partial charge < -0.3 is 19.0 Å². The number of rotatable bonds is 7. The summed E-state index contributed by atoms with van der Waals surface area (Å²) in [6.45, 7) is 1.98. The van der Waals surface area contributed by atoms with E-state index in [1.807, 2.05) is 0 Å². The molecule has 0 bridgehead atoms. The van der Waals surface area contributed by atoms with E-state index in [1.165, 1.54) is 43.5 Å². The summed E-state index contributed by atoms with van der Waals surface area (Å²) in [6, 6.07) is 8.75. The van der Waals surface area contributed by atoms with Gasteiger partial charge in [-0.1, -0.05) is 35.6 Å². The van der Waals surface area contributed by atoms with Crippen LogP contribution in [0.1, 0.15) is 12.5 Å². The largest absolute Gasteiger partial charge is 0.497 e. The summed E-state index contributed by atoms with van der Waals surface area (Å²) in [6.07, 6.45) is 1.58. The first kappa shape index (κ1) is 22.4. The quantitative estimate of drug-likeness (QED) is 0.357. The van der Waals surface area contributed by atoms with E-state index >= 15 is 0 Å². The Morgan fingerprint density at radius 3 is 2.50 bits per heavy atom. The molecule has 30 heavy (non-hydrogen) atoms. The van der Waals surface area contributed by atoms with Crippen molar-refractivity contribution in [3.05, 3.63) is 51.9 Å². The van der Waals surface area contributed by atoms with E-state index in [2.05, 4.69) is 5.32 Å². The Bertz CT molecular complexity index is 1130. The molecule has 2 aromatic rings. The van der Waals surface area contributed by atoms with Gasteiger partial charge in [0.2, 0.25) is 5.75 Å². The Morgan fingerprint density at radius 2 is 1.93 bits per heavy atom. The van der Waals surface area contributed by atoms with Gasteiger partial charge in [0.05, 0.1) is 23.6 Å². The average molecular weight is 486 g/mol. The summed E-state index contributed by atoms with van der Waals surface area (Å²) >= 11 is 12.4. The number of thioether (sulfide) groups is 1. The van der Waals surface area contributed by atoms with Crippen molar-refractivity contribution in [1.82, 2.24) is 5.32 Å². The molecule has 0 unspecified atom stereocenters. The maximum Gasteiger partial charge on any atom is 0.339 e. The van der Waals surface area contributed by atoms with Crippen LogP contribution >= 0.6 is 35.6 Å². The van der Waals surface area contributed by atoms with Crippen LogP contribution in [0.3, 0.4) is 0 Å². The standard InChI is InChI=1S/C19H16ClNO6S3/c1-3-26-15-9-11(10-16-18(22)21-19(28)29-16)8-14(20)17(15)27-30(23,24)13-6-4-12(25-2)5-7-13/h4-10H,3H2,1-2H3,(H,21,22,28). The summed E-state index contributed by atoms with van der Waals surface area (Å²) in [5, 5.41) is 2.53. The van der Waals surface area contributed by atoms with Crippen molar-refractivity contribution < 1.29 is 26.9 Å². The topological polar surface area (TPSA) is 90.9 Å². The molecule has 2 aromatic carbocycles. The van der Waals surface area contributed by atoms with Crippen LogP contribution in [-0.2, 0) is 14.9 Å². The van der Waals surface area contributed by atoms with Gasteiger partial charge in [0.25, 0.3) is 5.91 Å². The summed E-state index contributed by atoms with van der Waals surface area (Å²) in [5.41, 5.74) is 0.528. The first-order chi connectivity index (χ1) is 14.2. The van der Waals surface area contributed by atoms with E-state index in [1.54, 1.807) is 13.0 Å². The van der Waals surface area contributed by atoms with Crippen molar-refractivity contribution in [2.75, 3.05) is 13.7 Å². The zero-order valence-corrected chi connectivity index (χ0v) is 19.0. The van der Waals surface area contributed by atoms with Gasteiger partial charge in [0.15, 0.2) is 5.75 Å². The van der Waals surface area contributed by atoms with Crippen molar-refractivity contribution in [3.8, 4) is 17.2 Å². The molecule has 0 spiro atoms. The highest BCUT2D eigenvalue weighted by Gasteiger charge is 2.25. The van der Waals surface area contributed by atoms with Crippen molar-refractivity contribution in [1.29, 1.82) is 0 Å². The molecule has 7 nitrogen and oxygen atoms in total. The number of carbonyl (C=O) groups excluding carboxylic acids is 1. The van der Waals surface area contributed by atoms with Gasteiger partial charge in [-0.2, -0.15) is 8.42 Å². The van der Waals surface area contributed by atoms with Crippen LogP contribution in [0, 0.1) is 0 Å². The number of benzene rings is 2. The highest BCUT2D eigenvalue weighted by Crippen LogP contribution is 2.40. The predicted molar refractivity (Wildman–Crippen MR) is 120 cm³/mol. The fraction of sp³-hybridized carbons (Fsp3) is 0.158. The lowest BCUT2D eigenvalue weighted by Gasteiger charge is -2.14. The van der Waals surface area contributed by atoms with E-state index in [-0.39, 0.29) is 33.9 Å². The fourth-order valence-electron chi connectivity index (χ4n) is 2.49. The molecule has 11 heteroatoms. The van der Waals surface area contributed by atoms with Crippen LogP contribution in [0.15, 0.2) is 46.2 Å². The molecule has 0 atom stereocenters. The molecular formula is C19H16ClNO6S3. The van der Waals surface area contributed by atoms with Crippen LogP contribution in [0.2, 0.25) is 5.02 Å². The molecule has 3 rings (SSSR count). The Hall–Kier alpha value is -2.27. The van der Waals surface area contributed by atoms with E-state index in [4.69, 9.17) is 37.5 Å². The minimum Gasteiger partial charge on any atom is -0.497 e. The minimum absolute atomic E-state index is 0.0101. The molecule has 1 amide bonds. The number of nitrogens with one attached hydrogen (secondary N) is 1. The number of thiocarbonyl (C=S) groups is 1. The summed E-state index contributed by atoms with van der Waals surface area (Å²) < 4.78 is 41.6. The number of halogens is 1. The van der Waals surface area contributed by atoms with Crippen molar-refractivity contribution >= 4 is 62.0 Å². The summed E-state index contributed by atoms with van der Waals surface area (Å²) in [7, 11) is -2.70. The minimum atomic E-state index is -4.17. The zero-order valence-electron chi connectivity index (χ0n) is 15.8. The third kappa shape index (κ3) is 5.07. The van der Waals surface area contributed by atoms with Crippen molar-refractivity contribution in [3.63, 3.8) is 0 Å². The van der Waals surface area contributed by atoms with E-state index < -0.39 is 10.1 Å². The van der Waals surface area contributed by atoms with Crippen LogP contribution in [0.25, 0.3) is 6.08 Å². The smallest absolute Gasteiger partial charge is 0.339 e. The van der Waals surface area contributed by atoms with Crippen molar-refractivity contribution in [2.24, 2.45) is 0 Å². The van der Waals surface area contributed by atoms with Gasteiger partial charge in [0, 0.05) is 0 Å². The molecule has 0 saturated carbocycles. The van der Waals surface area contributed by atoms with Gasteiger partial charge in [-0.25, -0.2) is 0 Å². The molecule has 1 aliphatic rings. The molecule has 1 saturated heterocycles. The lowest BCUT2D eigenvalue weighted by atomic mass is 10.2. The third-order valence-electron chi connectivity index (χ3n) is 3.81. The normalized spacial score (nSPS) is 15.2. The Labute approximate surface area is 188 Å². The van der Waals surface area contributed by atoms with Crippen LogP contribution < -0.4 is 19.0 Å². The maximum atomic E-state index is 12.7. The molecule has 1 aliphatic heterocycles. The second-order valence-electron chi connectivity index (χ2n) is 5.83. The monoisotopic (exact) mass is 485 g/mol. The van der Waals surface area contributed by atoms with Crippen LogP contribution in [0.5, 0.6) is 17.2 Å². The number of ether oxygens (including phenoxy) is 2. The third-order valence-corrected chi connectivity index (χ3v) is 6.49. The first-order valence-corrected chi connectivity index (χ1v) is 11.5. The number of hydrogen-bond donors (Lipinski definition) is 1. The molecule has 1 fully saturated rings. The Balaban J connectivity index is 1.97. The number of amides is 1. The number of hydrogen-bond acceptors (Lipinski definition) is 8. The molecular weight excluding hydrogens is 470 g/mol. The highest BCUT2D eigenvalue weighted by atomic mass is 35.5. The lowest BCUT2D eigenvalue weighted by molar-refractivity contribution is -0.115. The van der Waals surface area contributed by atoms with Crippen LogP contribution in [-0.4, -0.2) is 32.4 Å². The zero-order chi connectivity index (χ0) is 21.9. The highest BCUT2D eigenvalue weighted by molar-refractivity contribution is 8.26. The molecule has 0 radical (unpaired) electrons. The van der Waals surface area contributed by atoms with E-state index in [0.29, 0.717) is 20.5 Å². The molecule has 1 N–H and O–H groups in total. The molecule has 158 valence electrons. The summed E-state index contributed by atoms with van der Waals surface area (Å²) in [4.78, 5) is 12.2. The molecule has 0 aromatic heterocycles. The number of carbonyl (C=O) groups is 1. The Morgan fingerprint density at radius 1 is 1.23 bits per heavy atom. The first-order valence-electron chi connectivity index (χ1n) is 8.53. The van der Waals surface area contributed by atoms with E-state index in [9.17, 15) is 13.2 Å². The van der Waals surface area contributed by atoms with Gasteiger partial charge in [-0.05, 0) is 55.0 Å². The molecule has 1 heterocycles. The maximum absolute atomic E-state index is 12.7. The lowest BCUT2D eigenvalue weighted by Crippen LogP contribution is -2.17. The summed E-state index contributed by atoms with van der Waals surface area (Å²) in [5.74, 6) is 0.171. The predicted octanol–water partition coefficient (Wildman–Crippen LogP) is 4.00. The SMILES string of the molecule is CCOc1cc(C=C2SC(=S)NC2=O)cc(Cl)c1OS(=O)(=O)c1ccc(OC)cc1.